The van der Waals surface area contributed by atoms with Gasteiger partial charge in [-0.05, 0) is 80.9 Å². The summed E-state index contributed by atoms with van der Waals surface area (Å²) in [5.41, 5.74) is 1.63. The zero-order chi connectivity index (χ0) is 20.1. The van der Waals surface area contributed by atoms with Gasteiger partial charge in [-0.1, -0.05) is 28.1 Å². The molecule has 2 unspecified atom stereocenters. The molecule has 4 saturated carbocycles. The molecule has 156 valence electrons. The Bertz CT molecular complexity index is 806. The summed E-state index contributed by atoms with van der Waals surface area (Å²) in [7, 11) is 0. The molecule has 2 N–H and O–H groups in total. The Hall–Kier alpha value is -1.56. The van der Waals surface area contributed by atoms with Crippen molar-refractivity contribution in [2.24, 2.45) is 17.3 Å². The highest BCUT2D eigenvalue weighted by atomic mass is 79.9. The normalized spacial score (nSPS) is 35.0. The smallest absolute Gasteiger partial charge is 0.321 e. The standard InChI is InChI=1S/C23H30BrN3O2/c24-23-12-17-8-18(13-23)11-22(10-17,15-23)20(28)25-14-16-4-3-5-19(9-16)26-21(29)27-6-1-2-7-27/h3-5,9,17-18H,1-2,6-8,10-15H2,(H,25,28)(H,26,29). The predicted octanol–water partition coefficient (Wildman–Crippen LogP) is 4.66. The van der Waals surface area contributed by atoms with Gasteiger partial charge in [0.05, 0.1) is 5.41 Å². The van der Waals surface area contributed by atoms with Crippen molar-refractivity contribution in [1.82, 2.24) is 10.2 Å². The molecule has 1 aliphatic heterocycles. The van der Waals surface area contributed by atoms with E-state index in [4.69, 9.17) is 0 Å². The number of benzene rings is 1. The van der Waals surface area contributed by atoms with Crippen molar-refractivity contribution in [3.8, 4) is 0 Å². The van der Waals surface area contributed by atoms with Gasteiger partial charge in [-0.25, -0.2) is 4.79 Å². The summed E-state index contributed by atoms with van der Waals surface area (Å²) in [6, 6.07) is 7.81. The summed E-state index contributed by atoms with van der Waals surface area (Å²) >= 11 is 3.99. The van der Waals surface area contributed by atoms with Crippen LogP contribution in [0.3, 0.4) is 0 Å². The van der Waals surface area contributed by atoms with Crippen LogP contribution in [0.4, 0.5) is 10.5 Å². The van der Waals surface area contributed by atoms with Crippen LogP contribution in [0.15, 0.2) is 24.3 Å². The Labute approximate surface area is 181 Å². The first-order chi connectivity index (χ1) is 13.9. The van der Waals surface area contributed by atoms with Crippen LogP contribution >= 0.6 is 15.9 Å². The third-order valence-corrected chi connectivity index (χ3v) is 8.42. The van der Waals surface area contributed by atoms with E-state index in [0.717, 1.165) is 56.4 Å². The number of carbonyl (C=O) groups is 2. The average Bonchev–Trinajstić information content (AvgIpc) is 3.19. The summed E-state index contributed by atoms with van der Waals surface area (Å²) in [6.07, 6.45) is 9.01. The maximum atomic E-state index is 13.2. The van der Waals surface area contributed by atoms with E-state index in [1.807, 2.05) is 29.2 Å². The molecule has 5 fully saturated rings. The quantitative estimate of drug-likeness (QED) is 0.642. The largest absolute Gasteiger partial charge is 0.352 e. The summed E-state index contributed by atoms with van der Waals surface area (Å²) in [5.74, 6) is 1.62. The fourth-order valence-electron chi connectivity index (χ4n) is 6.67. The Kier molecular flexibility index (Phi) is 4.88. The van der Waals surface area contributed by atoms with Crippen molar-refractivity contribution in [2.45, 2.75) is 62.2 Å². The minimum Gasteiger partial charge on any atom is -0.352 e. The Morgan fingerprint density at radius 2 is 1.83 bits per heavy atom. The number of likely N-dealkylation sites (tertiary alicyclic amines) is 1. The van der Waals surface area contributed by atoms with E-state index in [-0.39, 0.29) is 21.7 Å². The van der Waals surface area contributed by atoms with Gasteiger partial charge in [0.2, 0.25) is 5.91 Å². The molecular formula is C23H30BrN3O2. The molecule has 3 amide bonds. The molecule has 0 radical (unpaired) electrons. The topological polar surface area (TPSA) is 61.4 Å². The molecule has 6 heteroatoms. The second kappa shape index (κ2) is 7.29. The molecule has 4 bridgehead atoms. The Balaban J connectivity index is 1.21. The van der Waals surface area contributed by atoms with E-state index in [2.05, 4.69) is 26.6 Å². The fourth-order valence-corrected chi connectivity index (χ4v) is 8.12. The lowest BCUT2D eigenvalue weighted by atomic mass is 9.49. The SMILES string of the molecule is O=C(Nc1cccc(CNC(=O)C23CC4CC(CC(Br)(C4)C2)C3)c1)N1CCCC1. The van der Waals surface area contributed by atoms with Crippen LogP contribution in [0.2, 0.25) is 0 Å². The number of halogens is 1. The van der Waals surface area contributed by atoms with Gasteiger partial charge < -0.3 is 15.5 Å². The zero-order valence-electron chi connectivity index (χ0n) is 16.9. The number of urea groups is 1. The molecule has 4 aliphatic carbocycles. The predicted molar refractivity (Wildman–Crippen MR) is 117 cm³/mol. The maximum absolute atomic E-state index is 13.2. The van der Waals surface area contributed by atoms with Crippen molar-refractivity contribution < 1.29 is 9.59 Å². The Morgan fingerprint density at radius 1 is 1.10 bits per heavy atom. The number of nitrogens with zero attached hydrogens (tertiary/aromatic N) is 1. The number of nitrogens with one attached hydrogen (secondary N) is 2. The molecule has 0 spiro atoms. The van der Waals surface area contributed by atoms with E-state index in [0.29, 0.717) is 18.4 Å². The lowest BCUT2D eigenvalue weighted by Crippen LogP contribution is -2.58. The van der Waals surface area contributed by atoms with E-state index in [1.165, 1.54) is 19.3 Å². The second-order valence-electron chi connectivity index (χ2n) is 9.90. The van der Waals surface area contributed by atoms with Crippen LogP contribution < -0.4 is 10.6 Å². The molecule has 29 heavy (non-hydrogen) atoms. The van der Waals surface area contributed by atoms with Crippen molar-refractivity contribution in [3.63, 3.8) is 0 Å². The van der Waals surface area contributed by atoms with Gasteiger partial charge in [0.1, 0.15) is 0 Å². The van der Waals surface area contributed by atoms with Gasteiger partial charge >= 0.3 is 6.03 Å². The van der Waals surface area contributed by atoms with Crippen LogP contribution in [-0.2, 0) is 11.3 Å². The highest BCUT2D eigenvalue weighted by Gasteiger charge is 2.59. The van der Waals surface area contributed by atoms with E-state index >= 15 is 0 Å². The number of anilines is 1. The molecule has 0 aromatic heterocycles. The molecule has 2 atom stereocenters. The van der Waals surface area contributed by atoms with Gasteiger partial charge in [-0.15, -0.1) is 0 Å². The summed E-state index contributed by atoms with van der Waals surface area (Å²) in [4.78, 5) is 27.4. The molecule has 1 saturated heterocycles. The summed E-state index contributed by atoms with van der Waals surface area (Å²) < 4.78 is 0.189. The summed E-state index contributed by atoms with van der Waals surface area (Å²) in [5, 5.41) is 6.22. The lowest BCUT2D eigenvalue weighted by Gasteiger charge is -2.59. The number of rotatable bonds is 4. The summed E-state index contributed by atoms with van der Waals surface area (Å²) in [6.45, 7) is 2.18. The number of hydrogen-bond acceptors (Lipinski definition) is 2. The van der Waals surface area contributed by atoms with Crippen molar-refractivity contribution >= 4 is 33.6 Å². The lowest BCUT2D eigenvalue weighted by molar-refractivity contribution is -0.144. The van der Waals surface area contributed by atoms with Crippen LogP contribution in [0.25, 0.3) is 0 Å². The molecular weight excluding hydrogens is 430 g/mol. The first kappa shape index (κ1) is 19.4. The molecule has 1 heterocycles. The molecule has 5 aliphatic rings. The molecule has 1 aromatic carbocycles. The molecule has 1 aromatic rings. The third-order valence-electron chi connectivity index (χ3n) is 7.50. The van der Waals surface area contributed by atoms with Gasteiger partial charge in [-0.3, -0.25) is 4.79 Å². The minimum atomic E-state index is -0.185. The average molecular weight is 460 g/mol. The number of alkyl halides is 1. The first-order valence-electron chi connectivity index (χ1n) is 11.1. The van der Waals surface area contributed by atoms with Gasteiger partial charge in [0.25, 0.3) is 0 Å². The van der Waals surface area contributed by atoms with Crippen LogP contribution in [-0.4, -0.2) is 34.3 Å². The van der Waals surface area contributed by atoms with E-state index in [9.17, 15) is 9.59 Å². The van der Waals surface area contributed by atoms with Crippen LogP contribution in [0.5, 0.6) is 0 Å². The van der Waals surface area contributed by atoms with E-state index in [1.54, 1.807) is 0 Å². The van der Waals surface area contributed by atoms with Gasteiger partial charge in [0, 0.05) is 29.6 Å². The fraction of sp³-hybridized carbons (Fsp3) is 0.652. The van der Waals surface area contributed by atoms with Crippen molar-refractivity contribution in [1.29, 1.82) is 0 Å². The van der Waals surface area contributed by atoms with E-state index < -0.39 is 0 Å². The van der Waals surface area contributed by atoms with Crippen LogP contribution in [0, 0.1) is 17.3 Å². The molecule has 6 rings (SSSR count). The van der Waals surface area contributed by atoms with Gasteiger partial charge in [-0.2, -0.15) is 0 Å². The first-order valence-corrected chi connectivity index (χ1v) is 11.8. The zero-order valence-corrected chi connectivity index (χ0v) is 18.5. The number of hydrogen-bond donors (Lipinski definition) is 2. The Morgan fingerprint density at radius 3 is 2.52 bits per heavy atom. The number of amides is 3. The monoisotopic (exact) mass is 459 g/mol. The maximum Gasteiger partial charge on any atom is 0.321 e. The third kappa shape index (κ3) is 3.80. The second-order valence-corrected chi connectivity index (χ2v) is 11.6. The molecule has 5 nitrogen and oxygen atoms in total. The highest BCUT2D eigenvalue weighted by Crippen LogP contribution is 2.64. The van der Waals surface area contributed by atoms with Gasteiger partial charge in [0.15, 0.2) is 0 Å². The van der Waals surface area contributed by atoms with Crippen LogP contribution in [0.1, 0.15) is 56.9 Å². The van der Waals surface area contributed by atoms with Crippen molar-refractivity contribution in [2.75, 3.05) is 18.4 Å². The highest BCUT2D eigenvalue weighted by molar-refractivity contribution is 9.10. The minimum absolute atomic E-state index is 0.0279. The van der Waals surface area contributed by atoms with Crippen molar-refractivity contribution in [3.05, 3.63) is 29.8 Å². The number of carbonyl (C=O) groups excluding carboxylic acids is 2.